The molecule has 1 N–H and O–H groups in total. The average Bonchev–Trinajstić information content (AvgIpc) is 2.90. The monoisotopic (exact) mass is 283 g/mol. The second kappa shape index (κ2) is 6.94. The summed E-state index contributed by atoms with van der Waals surface area (Å²) >= 11 is 0. The van der Waals surface area contributed by atoms with Crippen LogP contribution in [0.15, 0.2) is 30.5 Å². The normalized spacial score (nSPS) is 12.0. The van der Waals surface area contributed by atoms with Gasteiger partial charge in [-0.25, -0.2) is 0 Å². The zero-order chi connectivity index (χ0) is 15.2. The number of nitrogens with one attached hydrogen (secondary N) is 1. The molecule has 21 heavy (non-hydrogen) atoms. The maximum Gasteiger partial charge on any atom is 0.222 e. The molecule has 0 saturated heterocycles. The third kappa shape index (κ3) is 3.85. The Bertz CT molecular complexity index is 653. The predicted octanol–water partition coefficient (Wildman–Crippen LogP) is 3.11. The highest BCUT2D eigenvalue weighted by Crippen LogP contribution is 2.19. The molecular formula is C17H21N3O. The minimum atomic E-state index is -0.118. The Kier molecular flexibility index (Phi) is 4.99. The molecule has 0 fully saturated rings. The van der Waals surface area contributed by atoms with Gasteiger partial charge in [0.1, 0.15) is 0 Å². The van der Waals surface area contributed by atoms with Crippen molar-refractivity contribution in [1.82, 2.24) is 9.88 Å². The van der Waals surface area contributed by atoms with Gasteiger partial charge in [0, 0.05) is 37.1 Å². The Morgan fingerprint density at radius 3 is 2.95 bits per heavy atom. The summed E-state index contributed by atoms with van der Waals surface area (Å²) in [7, 11) is 1.77. The number of hydrogen-bond donors (Lipinski definition) is 1. The van der Waals surface area contributed by atoms with Crippen molar-refractivity contribution in [2.45, 2.75) is 26.2 Å². The molecule has 1 aromatic carbocycles. The summed E-state index contributed by atoms with van der Waals surface area (Å²) in [6.45, 7) is 2.33. The molecule has 0 aliphatic heterocycles. The number of fused-ring (bicyclic) bond motifs is 1. The molecule has 2 rings (SSSR count). The first-order chi connectivity index (χ1) is 10.1. The van der Waals surface area contributed by atoms with Crippen molar-refractivity contribution in [2.24, 2.45) is 5.92 Å². The predicted molar refractivity (Wildman–Crippen MR) is 83.7 cm³/mol. The summed E-state index contributed by atoms with van der Waals surface area (Å²) in [5.41, 5.74) is 2.39. The van der Waals surface area contributed by atoms with E-state index in [0.717, 1.165) is 18.4 Å². The van der Waals surface area contributed by atoms with Crippen molar-refractivity contribution in [1.29, 1.82) is 5.26 Å². The first kappa shape index (κ1) is 15.1. The number of nitriles is 1. The minimum absolute atomic E-state index is 0.108. The van der Waals surface area contributed by atoms with E-state index < -0.39 is 0 Å². The molecule has 1 heterocycles. The molecule has 0 aliphatic rings. The van der Waals surface area contributed by atoms with Gasteiger partial charge in [0.25, 0.3) is 0 Å². The van der Waals surface area contributed by atoms with Crippen molar-refractivity contribution in [3.05, 3.63) is 36.0 Å². The highest BCUT2D eigenvalue weighted by atomic mass is 16.2. The number of aromatic nitrogens is 1. The number of H-pyrrole nitrogens is 1. The average molecular weight is 283 g/mol. The van der Waals surface area contributed by atoms with Crippen LogP contribution < -0.4 is 0 Å². The van der Waals surface area contributed by atoms with Crippen LogP contribution in [0, 0.1) is 17.2 Å². The number of carbonyl (C=O) groups excluding carboxylic acids is 1. The highest BCUT2D eigenvalue weighted by molar-refractivity contribution is 5.83. The number of aromatic amines is 1. The van der Waals surface area contributed by atoms with Crippen molar-refractivity contribution >= 4 is 16.8 Å². The van der Waals surface area contributed by atoms with Crippen molar-refractivity contribution in [3.63, 3.8) is 0 Å². The molecule has 0 radical (unpaired) electrons. The van der Waals surface area contributed by atoms with Gasteiger partial charge >= 0.3 is 0 Å². The fraction of sp³-hybridized carbons (Fsp3) is 0.412. The van der Waals surface area contributed by atoms with Crippen LogP contribution in [-0.4, -0.2) is 29.4 Å². The van der Waals surface area contributed by atoms with Crippen LogP contribution in [-0.2, 0) is 11.2 Å². The zero-order valence-corrected chi connectivity index (χ0v) is 12.6. The lowest BCUT2D eigenvalue weighted by molar-refractivity contribution is -0.130. The van der Waals surface area contributed by atoms with E-state index in [4.69, 9.17) is 5.26 Å². The standard InChI is InChI=1S/C17H21N3O/c1-13(10-18)12-20(2)17(21)9-5-6-14-11-19-16-8-4-3-7-15(14)16/h3-4,7-8,11,13,19H,5-6,9,12H2,1-2H3. The first-order valence-corrected chi connectivity index (χ1v) is 7.30. The van der Waals surface area contributed by atoms with Gasteiger partial charge in [-0.2, -0.15) is 5.26 Å². The maximum absolute atomic E-state index is 12.0. The lowest BCUT2D eigenvalue weighted by atomic mass is 10.1. The molecule has 4 heteroatoms. The summed E-state index contributed by atoms with van der Waals surface area (Å²) in [6.07, 6.45) is 4.26. The fourth-order valence-electron chi connectivity index (χ4n) is 2.51. The van der Waals surface area contributed by atoms with Crippen LogP contribution in [0.3, 0.4) is 0 Å². The van der Waals surface area contributed by atoms with E-state index in [1.165, 1.54) is 10.9 Å². The van der Waals surface area contributed by atoms with Gasteiger partial charge in [-0.3, -0.25) is 4.79 Å². The Labute approximate surface area is 125 Å². The quantitative estimate of drug-likeness (QED) is 0.885. The molecule has 1 unspecified atom stereocenters. The smallest absolute Gasteiger partial charge is 0.222 e. The Morgan fingerprint density at radius 2 is 2.19 bits per heavy atom. The van der Waals surface area contributed by atoms with Gasteiger partial charge in [0.15, 0.2) is 0 Å². The second-order valence-electron chi connectivity index (χ2n) is 5.52. The van der Waals surface area contributed by atoms with E-state index in [0.29, 0.717) is 13.0 Å². The lowest BCUT2D eigenvalue weighted by Crippen LogP contribution is -2.30. The Balaban J connectivity index is 1.84. The van der Waals surface area contributed by atoms with E-state index in [1.54, 1.807) is 11.9 Å². The summed E-state index contributed by atoms with van der Waals surface area (Å²) in [4.78, 5) is 16.9. The van der Waals surface area contributed by atoms with Crippen LogP contribution in [0.25, 0.3) is 10.9 Å². The number of hydrogen-bond acceptors (Lipinski definition) is 2. The van der Waals surface area contributed by atoms with Crippen LogP contribution in [0.1, 0.15) is 25.3 Å². The number of amides is 1. The third-order valence-electron chi connectivity index (χ3n) is 3.71. The lowest BCUT2D eigenvalue weighted by Gasteiger charge is -2.18. The number of carbonyl (C=O) groups is 1. The van der Waals surface area contributed by atoms with Crippen molar-refractivity contribution in [2.75, 3.05) is 13.6 Å². The largest absolute Gasteiger partial charge is 0.361 e. The van der Waals surface area contributed by atoms with E-state index in [-0.39, 0.29) is 11.8 Å². The second-order valence-corrected chi connectivity index (χ2v) is 5.52. The van der Waals surface area contributed by atoms with Crippen molar-refractivity contribution < 1.29 is 4.79 Å². The van der Waals surface area contributed by atoms with Gasteiger partial charge < -0.3 is 9.88 Å². The summed E-state index contributed by atoms with van der Waals surface area (Å²) in [6, 6.07) is 10.3. The molecule has 0 spiro atoms. The number of rotatable bonds is 6. The van der Waals surface area contributed by atoms with E-state index in [9.17, 15) is 4.79 Å². The van der Waals surface area contributed by atoms with Crippen LogP contribution in [0.5, 0.6) is 0 Å². The van der Waals surface area contributed by atoms with Gasteiger partial charge in [-0.05, 0) is 31.4 Å². The molecule has 0 saturated carbocycles. The molecular weight excluding hydrogens is 262 g/mol. The molecule has 0 bridgehead atoms. The number of benzene rings is 1. The molecule has 1 amide bonds. The number of nitrogens with zero attached hydrogens (tertiary/aromatic N) is 2. The topological polar surface area (TPSA) is 59.9 Å². The molecule has 1 aromatic heterocycles. The van der Waals surface area contributed by atoms with Crippen LogP contribution in [0.2, 0.25) is 0 Å². The number of para-hydroxylation sites is 1. The summed E-state index contributed by atoms with van der Waals surface area (Å²) in [5.74, 6) is -0.00971. The molecule has 4 nitrogen and oxygen atoms in total. The SMILES string of the molecule is CC(C#N)CN(C)C(=O)CCCc1c[nH]c2ccccc12. The van der Waals surface area contributed by atoms with Crippen LogP contribution >= 0.6 is 0 Å². The zero-order valence-electron chi connectivity index (χ0n) is 12.6. The molecule has 110 valence electrons. The van der Waals surface area contributed by atoms with Gasteiger partial charge in [-0.1, -0.05) is 18.2 Å². The molecule has 1 atom stereocenters. The fourth-order valence-corrected chi connectivity index (χ4v) is 2.51. The highest BCUT2D eigenvalue weighted by Gasteiger charge is 2.12. The first-order valence-electron chi connectivity index (χ1n) is 7.30. The van der Waals surface area contributed by atoms with E-state index in [1.807, 2.05) is 25.3 Å². The summed E-state index contributed by atoms with van der Waals surface area (Å²) in [5, 5.41) is 10.0. The van der Waals surface area contributed by atoms with Gasteiger partial charge in [-0.15, -0.1) is 0 Å². The van der Waals surface area contributed by atoms with Crippen LogP contribution in [0.4, 0.5) is 0 Å². The Hall–Kier alpha value is -2.28. The van der Waals surface area contributed by atoms with Gasteiger partial charge in [0.05, 0.1) is 12.0 Å². The maximum atomic E-state index is 12.0. The van der Waals surface area contributed by atoms with E-state index in [2.05, 4.69) is 23.2 Å². The summed E-state index contributed by atoms with van der Waals surface area (Å²) < 4.78 is 0. The minimum Gasteiger partial charge on any atom is -0.361 e. The third-order valence-corrected chi connectivity index (χ3v) is 3.71. The Morgan fingerprint density at radius 1 is 1.43 bits per heavy atom. The van der Waals surface area contributed by atoms with Gasteiger partial charge in [0.2, 0.25) is 5.91 Å². The molecule has 2 aromatic rings. The van der Waals surface area contributed by atoms with E-state index >= 15 is 0 Å². The molecule has 0 aliphatic carbocycles. The number of aryl methyl sites for hydroxylation is 1. The van der Waals surface area contributed by atoms with Crippen molar-refractivity contribution in [3.8, 4) is 6.07 Å².